The molecule has 0 aliphatic rings. The molecular formula is C30H54O8. The molecule has 38 heavy (non-hydrogen) atoms. The van der Waals surface area contributed by atoms with E-state index in [9.17, 15) is 19.2 Å². The molecule has 0 amide bonds. The summed E-state index contributed by atoms with van der Waals surface area (Å²) in [6.45, 7) is 7.26. The lowest BCUT2D eigenvalue weighted by Crippen LogP contribution is -2.48. The molecule has 0 unspecified atom stereocenters. The lowest BCUT2D eigenvalue weighted by Gasteiger charge is -2.29. The first-order valence-corrected chi connectivity index (χ1v) is 15.0. The number of ether oxygens (including phenoxy) is 4. The van der Waals surface area contributed by atoms with Gasteiger partial charge in [-0.2, -0.15) is 0 Å². The van der Waals surface area contributed by atoms with E-state index in [0.717, 1.165) is 19.3 Å². The van der Waals surface area contributed by atoms with Crippen LogP contribution in [-0.2, 0) is 38.1 Å². The van der Waals surface area contributed by atoms with Gasteiger partial charge in [-0.05, 0) is 27.2 Å². The van der Waals surface area contributed by atoms with Crippen molar-refractivity contribution in [3.63, 3.8) is 0 Å². The summed E-state index contributed by atoms with van der Waals surface area (Å²) in [6.07, 6.45) is 17.1. The minimum Gasteiger partial charge on any atom is -0.466 e. The van der Waals surface area contributed by atoms with Gasteiger partial charge in [-0.15, -0.1) is 0 Å². The van der Waals surface area contributed by atoms with Crippen LogP contribution in [0.1, 0.15) is 143 Å². The zero-order valence-corrected chi connectivity index (χ0v) is 24.6. The maximum atomic E-state index is 12.8. The van der Waals surface area contributed by atoms with E-state index >= 15 is 0 Å². The Morgan fingerprint density at radius 3 is 1.21 bits per heavy atom. The highest BCUT2D eigenvalue weighted by atomic mass is 16.6. The number of esters is 4. The molecule has 0 spiro atoms. The van der Waals surface area contributed by atoms with E-state index < -0.39 is 42.3 Å². The average Bonchev–Trinajstić information content (AvgIpc) is 2.86. The van der Waals surface area contributed by atoms with Crippen molar-refractivity contribution in [2.24, 2.45) is 0 Å². The van der Waals surface area contributed by atoms with Crippen molar-refractivity contribution < 1.29 is 38.1 Å². The summed E-state index contributed by atoms with van der Waals surface area (Å²) in [6, 6.07) is 0. The van der Waals surface area contributed by atoms with Gasteiger partial charge in [0.25, 0.3) is 0 Å². The summed E-state index contributed by atoms with van der Waals surface area (Å²) in [5.41, 5.74) is -2.10. The van der Waals surface area contributed by atoms with Crippen molar-refractivity contribution in [3.8, 4) is 0 Å². The zero-order valence-electron chi connectivity index (χ0n) is 24.6. The van der Waals surface area contributed by atoms with Crippen LogP contribution in [0.5, 0.6) is 0 Å². The van der Waals surface area contributed by atoms with Gasteiger partial charge >= 0.3 is 23.9 Å². The number of carbonyl (C=O) groups is 4. The average molecular weight is 543 g/mol. The van der Waals surface area contributed by atoms with Gasteiger partial charge in [0.2, 0.25) is 5.60 Å². The lowest BCUT2D eigenvalue weighted by atomic mass is 9.94. The van der Waals surface area contributed by atoms with Crippen LogP contribution in [0.3, 0.4) is 0 Å². The highest BCUT2D eigenvalue weighted by Crippen LogP contribution is 2.26. The maximum Gasteiger partial charge on any atom is 0.351 e. The van der Waals surface area contributed by atoms with E-state index in [1.165, 1.54) is 70.6 Å². The first-order chi connectivity index (χ1) is 18.3. The highest BCUT2D eigenvalue weighted by Gasteiger charge is 2.49. The minimum atomic E-state index is -2.10. The van der Waals surface area contributed by atoms with Gasteiger partial charge in [-0.3, -0.25) is 14.4 Å². The topological polar surface area (TPSA) is 105 Å². The molecule has 0 bridgehead atoms. The molecule has 0 aromatic heterocycles. The molecular weight excluding hydrogens is 488 g/mol. The molecule has 0 fully saturated rings. The Morgan fingerprint density at radius 1 is 0.474 bits per heavy atom. The Bertz CT molecular complexity index is 626. The van der Waals surface area contributed by atoms with Crippen molar-refractivity contribution in [2.75, 3.05) is 19.8 Å². The molecule has 8 heteroatoms. The third-order valence-corrected chi connectivity index (χ3v) is 6.41. The monoisotopic (exact) mass is 542 g/mol. The summed E-state index contributed by atoms with van der Waals surface area (Å²) in [5.74, 6) is -3.12. The van der Waals surface area contributed by atoms with E-state index in [-0.39, 0.29) is 26.2 Å². The fourth-order valence-corrected chi connectivity index (χ4v) is 4.38. The van der Waals surface area contributed by atoms with Gasteiger partial charge in [0, 0.05) is 6.42 Å². The van der Waals surface area contributed by atoms with Crippen LogP contribution in [0.2, 0.25) is 0 Å². The van der Waals surface area contributed by atoms with Crippen molar-refractivity contribution >= 4 is 23.9 Å². The molecule has 0 heterocycles. The first-order valence-electron chi connectivity index (χ1n) is 15.0. The second-order valence-corrected chi connectivity index (χ2v) is 9.85. The van der Waals surface area contributed by atoms with E-state index in [1.54, 1.807) is 20.8 Å². The molecule has 0 rings (SSSR count). The van der Waals surface area contributed by atoms with Crippen molar-refractivity contribution in [2.45, 2.75) is 149 Å². The fraction of sp³-hybridized carbons (Fsp3) is 0.867. The van der Waals surface area contributed by atoms with E-state index in [4.69, 9.17) is 18.9 Å². The van der Waals surface area contributed by atoms with Crippen LogP contribution < -0.4 is 0 Å². The third kappa shape index (κ3) is 18.2. The maximum absolute atomic E-state index is 12.8. The summed E-state index contributed by atoms with van der Waals surface area (Å²) in [4.78, 5) is 49.9. The van der Waals surface area contributed by atoms with Gasteiger partial charge in [-0.1, -0.05) is 96.8 Å². The SMILES string of the molecule is CCCCCCCCCCCCCCCCCC(=O)OC(CC(=O)OCC)(CC(=O)OCC)C(=O)OCC. The van der Waals surface area contributed by atoms with Crippen LogP contribution in [-0.4, -0.2) is 49.3 Å². The molecule has 0 N–H and O–H groups in total. The molecule has 222 valence electrons. The molecule has 0 saturated carbocycles. The Balaban J connectivity index is 4.44. The van der Waals surface area contributed by atoms with Crippen LogP contribution in [0.4, 0.5) is 0 Å². The van der Waals surface area contributed by atoms with Crippen molar-refractivity contribution in [3.05, 3.63) is 0 Å². The summed E-state index contributed by atoms with van der Waals surface area (Å²) in [7, 11) is 0. The van der Waals surface area contributed by atoms with Crippen molar-refractivity contribution in [1.29, 1.82) is 0 Å². The van der Waals surface area contributed by atoms with Gasteiger partial charge in [0.05, 0.1) is 32.7 Å². The van der Waals surface area contributed by atoms with Crippen LogP contribution in [0.25, 0.3) is 0 Å². The molecule has 0 aromatic rings. The number of hydrogen-bond acceptors (Lipinski definition) is 8. The normalized spacial score (nSPS) is 11.2. The Labute approximate surface area is 230 Å². The number of rotatable bonds is 25. The highest BCUT2D eigenvalue weighted by molar-refractivity contribution is 5.92. The molecule has 0 aliphatic carbocycles. The molecule has 8 nitrogen and oxygen atoms in total. The molecule has 0 atom stereocenters. The Kier molecular flexibility index (Phi) is 22.6. The molecule has 0 aromatic carbocycles. The molecule has 0 radical (unpaired) electrons. The van der Waals surface area contributed by atoms with Gasteiger partial charge in [0.15, 0.2) is 0 Å². The number of carbonyl (C=O) groups excluding carboxylic acids is 4. The van der Waals surface area contributed by atoms with E-state index in [2.05, 4.69) is 6.92 Å². The fourth-order valence-electron chi connectivity index (χ4n) is 4.38. The quantitative estimate of drug-likeness (QED) is 0.0690. The number of unbranched alkanes of at least 4 members (excludes halogenated alkanes) is 14. The summed E-state index contributed by atoms with van der Waals surface area (Å²) < 4.78 is 20.5. The minimum absolute atomic E-state index is 0.00281. The number of hydrogen-bond donors (Lipinski definition) is 0. The smallest absolute Gasteiger partial charge is 0.351 e. The second kappa shape index (κ2) is 24.0. The third-order valence-electron chi connectivity index (χ3n) is 6.41. The molecule has 0 aliphatic heterocycles. The predicted octanol–water partition coefficient (Wildman–Crippen LogP) is 7.00. The van der Waals surface area contributed by atoms with E-state index in [0.29, 0.717) is 6.42 Å². The van der Waals surface area contributed by atoms with Crippen LogP contribution >= 0.6 is 0 Å². The summed E-state index contributed by atoms with van der Waals surface area (Å²) in [5, 5.41) is 0. The van der Waals surface area contributed by atoms with E-state index in [1.807, 2.05) is 0 Å². The predicted molar refractivity (Wildman–Crippen MR) is 148 cm³/mol. The van der Waals surface area contributed by atoms with Crippen LogP contribution in [0, 0.1) is 0 Å². The summed E-state index contributed by atoms with van der Waals surface area (Å²) >= 11 is 0. The zero-order chi connectivity index (χ0) is 28.5. The van der Waals surface area contributed by atoms with Crippen molar-refractivity contribution in [1.82, 2.24) is 0 Å². The Morgan fingerprint density at radius 2 is 0.842 bits per heavy atom. The van der Waals surface area contributed by atoms with Gasteiger partial charge < -0.3 is 18.9 Å². The lowest BCUT2D eigenvalue weighted by molar-refractivity contribution is -0.191. The first kappa shape index (κ1) is 35.9. The second-order valence-electron chi connectivity index (χ2n) is 9.85. The van der Waals surface area contributed by atoms with Gasteiger partial charge in [0.1, 0.15) is 0 Å². The van der Waals surface area contributed by atoms with Crippen LogP contribution in [0.15, 0.2) is 0 Å². The Hall–Kier alpha value is -2.12. The standard InChI is InChI=1S/C30H54O8/c1-5-9-10-11-12-13-14-15-16-17-18-19-20-21-22-23-26(31)38-30(29(34)37-8-4,24-27(32)35-6-2)25-28(33)36-7-3/h5-25H2,1-4H3. The largest absolute Gasteiger partial charge is 0.466 e. The van der Waals surface area contributed by atoms with Gasteiger partial charge in [-0.25, -0.2) is 4.79 Å². The molecule has 0 saturated heterocycles.